The molecule has 0 saturated heterocycles. The monoisotopic (exact) mass is 501 g/mol. The summed E-state index contributed by atoms with van der Waals surface area (Å²) in [5.74, 6) is -1.54. The molecule has 3 atom stereocenters. The number of nitrogens with one attached hydrogen (secondary N) is 2. The smallest absolute Gasteiger partial charge is 0.224 e. The molecule has 2 N–H and O–H groups in total. The first kappa shape index (κ1) is 24.2. The number of hydrogen-bond acceptors (Lipinski definition) is 3. The molecule has 2 aromatic rings. The van der Waals surface area contributed by atoms with E-state index in [-0.39, 0.29) is 46.2 Å². The summed E-state index contributed by atoms with van der Waals surface area (Å²) in [4.78, 5) is 29.8. The van der Waals surface area contributed by atoms with Gasteiger partial charge in [-0.25, -0.2) is 8.78 Å². The van der Waals surface area contributed by atoms with E-state index in [9.17, 15) is 14.0 Å². The highest BCUT2D eigenvalue weighted by molar-refractivity contribution is 6.30. The van der Waals surface area contributed by atoms with E-state index >= 15 is 4.39 Å². The molecule has 5 rings (SSSR count). The Bertz CT molecular complexity index is 1110. The van der Waals surface area contributed by atoms with E-state index in [1.165, 1.54) is 12.1 Å². The van der Waals surface area contributed by atoms with Crippen LogP contribution in [0.4, 0.5) is 8.78 Å². The Morgan fingerprint density at radius 1 is 1.14 bits per heavy atom. The van der Waals surface area contributed by atoms with Crippen molar-refractivity contribution in [3.8, 4) is 0 Å². The van der Waals surface area contributed by atoms with Crippen LogP contribution >= 0.6 is 11.6 Å². The third-order valence-electron chi connectivity index (χ3n) is 8.32. The van der Waals surface area contributed by atoms with E-state index in [0.29, 0.717) is 25.2 Å². The summed E-state index contributed by atoms with van der Waals surface area (Å²) < 4.78 is 30.1. The molecule has 0 aliphatic heterocycles. The second-order valence-electron chi connectivity index (χ2n) is 10.5. The lowest BCUT2D eigenvalue weighted by molar-refractivity contribution is -0.127. The van der Waals surface area contributed by atoms with Gasteiger partial charge in [0, 0.05) is 29.9 Å². The number of halogens is 3. The van der Waals surface area contributed by atoms with Gasteiger partial charge < -0.3 is 10.6 Å². The Morgan fingerprint density at radius 2 is 1.94 bits per heavy atom. The highest BCUT2D eigenvalue weighted by Crippen LogP contribution is 2.60. The van der Waals surface area contributed by atoms with Gasteiger partial charge in [0.1, 0.15) is 11.6 Å². The molecule has 3 saturated carbocycles. The minimum absolute atomic E-state index is 0.103. The van der Waals surface area contributed by atoms with Crippen molar-refractivity contribution in [1.82, 2.24) is 15.6 Å². The molecule has 2 bridgehead atoms. The predicted molar refractivity (Wildman–Crippen MR) is 128 cm³/mol. The fourth-order valence-corrected chi connectivity index (χ4v) is 6.72. The lowest BCUT2D eigenvalue weighted by Gasteiger charge is -2.38. The standard InChI is InChI=1S/C27H30ClF2N3O2/c28-20-5-6-21(29)23(24(20)30)25(27-9-7-16(14-27)8-10-27)33-26(35)18-3-4-19(13-18)32-22(34)12-17-2-1-11-31-15-17/h1-2,5-6,11,15-16,18-19,25H,3-4,7-10,12-14H2,(H,32,34)(H,33,35)/t16?,18-,19+,25-,27?/m0/s1. The molecule has 1 aromatic carbocycles. The van der Waals surface area contributed by atoms with Crippen molar-refractivity contribution >= 4 is 23.4 Å². The summed E-state index contributed by atoms with van der Waals surface area (Å²) in [6.45, 7) is 0. The summed E-state index contributed by atoms with van der Waals surface area (Å²) in [6.07, 6.45) is 9.95. The summed E-state index contributed by atoms with van der Waals surface area (Å²) in [6, 6.07) is 5.18. The van der Waals surface area contributed by atoms with E-state index in [1.54, 1.807) is 18.5 Å². The first-order valence-electron chi connectivity index (χ1n) is 12.5. The molecule has 35 heavy (non-hydrogen) atoms. The molecule has 2 amide bonds. The van der Waals surface area contributed by atoms with Crippen LogP contribution in [-0.2, 0) is 16.0 Å². The zero-order chi connectivity index (χ0) is 24.6. The maximum absolute atomic E-state index is 15.1. The predicted octanol–water partition coefficient (Wildman–Crippen LogP) is 5.28. The van der Waals surface area contributed by atoms with E-state index in [2.05, 4.69) is 15.6 Å². The molecule has 0 unspecified atom stereocenters. The number of rotatable bonds is 7. The van der Waals surface area contributed by atoms with Crippen LogP contribution in [0.2, 0.25) is 5.02 Å². The molecular weight excluding hydrogens is 472 g/mol. The average molecular weight is 502 g/mol. The molecule has 3 fully saturated rings. The molecule has 3 aliphatic rings. The quantitative estimate of drug-likeness (QED) is 0.507. The van der Waals surface area contributed by atoms with Crippen molar-refractivity contribution in [1.29, 1.82) is 0 Å². The fourth-order valence-electron chi connectivity index (χ4n) is 6.56. The second-order valence-corrected chi connectivity index (χ2v) is 10.9. The molecule has 0 spiro atoms. The van der Waals surface area contributed by atoms with Gasteiger partial charge >= 0.3 is 0 Å². The van der Waals surface area contributed by atoms with Crippen molar-refractivity contribution in [2.24, 2.45) is 17.3 Å². The third-order valence-corrected chi connectivity index (χ3v) is 8.61. The van der Waals surface area contributed by atoms with E-state index in [1.807, 2.05) is 6.07 Å². The third kappa shape index (κ3) is 4.92. The molecule has 3 aliphatic carbocycles. The number of amides is 2. The average Bonchev–Trinajstić information content (AvgIpc) is 3.59. The Labute approximate surface area is 209 Å². The normalized spacial score (nSPS) is 28.1. The summed E-state index contributed by atoms with van der Waals surface area (Å²) in [5, 5.41) is 5.94. The van der Waals surface area contributed by atoms with Crippen LogP contribution in [0, 0.1) is 28.9 Å². The number of hydrogen-bond donors (Lipinski definition) is 2. The SMILES string of the molecule is O=C(Cc1cccnc1)N[C@@H]1CC[C@H](C(=O)N[C@@H](c2c(F)ccc(Cl)c2F)C23CCC(CC2)C3)C1. The number of carbonyl (C=O) groups excluding carboxylic acids is 2. The van der Waals surface area contributed by atoms with Crippen molar-refractivity contribution in [2.75, 3.05) is 0 Å². The summed E-state index contributed by atoms with van der Waals surface area (Å²) >= 11 is 6.03. The number of aromatic nitrogens is 1. The Balaban J connectivity index is 1.28. The Hall–Kier alpha value is -2.54. The van der Waals surface area contributed by atoms with Crippen LogP contribution in [0.1, 0.15) is 68.5 Å². The van der Waals surface area contributed by atoms with Crippen LogP contribution < -0.4 is 10.6 Å². The highest BCUT2D eigenvalue weighted by Gasteiger charge is 2.52. The molecule has 5 nitrogen and oxygen atoms in total. The number of pyridine rings is 1. The van der Waals surface area contributed by atoms with E-state index in [0.717, 1.165) is 37.7 Å². The number of fused-ring (bicyclic) bond motifs is 2. The Kier molecular flexibility index (Phi) is 6.80. The van der Waals surface area contributed by atoms with Crippen LogP contribution in [0.5, 0.6) is 0 Å². The van der Waals surface area contributed by atoms with Crippen LogP contribution in [0.15, 0.2) is 36.7 Å². The lowest BCUT2D eigenvalue weighted by Crippen LogP contribution is -2.43. The number of nitrogens with zero attached hydrogens (tertiary/aromatic N) is 1. The molecule has 8 heteroatoms. The minimum Gasteiger partial charge on any atom is -0.353 e. The number of carbonyl (C=O) groups is 2. The summed E-state index contributed by atoms with van der Waals surface area (Å²) in [5.41, 5.74) is 0.368. The van der Waals surface area contributed by atoms with E-state index in [4.69, 9.17) is 11.6 Å². The molecule has 1 heterocycles. The maximum atomic E-state index is 15.1. The first-order chi connectivity index (χ1) is 16.8. The fraction of sp³-hybridized carbons (Fsp3) is 0.519. The highest BCUT2D eigenvalue weighted by atomic mass is 35.5. The van der Waals surface area contributed by atoms with Crippen molar-refractivity contribution in [2.45, 2.75) is 69.9 Å². The maximum Gasteiger partial charge on any atom is 0.224 e. The lowest BCUT2D eigenvalue weighted by atomic mass is 9.74. The van der Waals surface area contributed by atoms with Crippen molar-refractivity contribution < 1.29 is 18.4 Å². The zero-order valence-electron chi connectivity index (χ0n) is 19.5. The van der Waals surface area contributed by atoms with Gasteiger partial charge in [-0.1, -0.05) is 17.7 Å². The van der Waals surface area contributed by atoms with Gasteiger partial charge in [-0.05, 0) is 86.5 Å². The Morgan fingerprint density at radius 3 is 2.63 bits per heavy atom. The largest absolute Gasteiger partial charge is 0.353 e. The van der Waals surface area contributed by atoms with Gasteiger partial charge in [-0.15, -0.1) is 0 Å². The van der Waals surface area contributed by atoms with Gasteiger partial charge in [0.25, 0.3) is 0 Å². The van der Waals surface area contributed by atoms with E-state index < -0.39 is 17.7 Å². The van der Waals surface area contributed by atoms with Gasteiger partial charge in [-0.2, -0.15) is 0 Å². The van der Waals surface area contributed by atoms with Gasteiger partial charge in [0.15, 0.2) is 0 Å². The number of benzene rings is 1. The molecular formula is C27H30ClF2N3O2. The van der Waals surface area contributed by atoms with Gasteiger partial charge in [0.05, 0.1) is 17.5 Å². The summed E-state index contributed by atoms with van der Waals surface area (Å²) in [7, 11) is 0. The second kappa shape index (κ2) is 9.84. The van der Waals surface area contributed by atoms with Crippen molar-refractivity contribution in [3.63, 3.8) is 0 Å². The molecule has 1 aromatic heterocycles. The topological polar surface area (TPSA) is 71.1 Å². The zero-order valence-corrected chi connectivity index (χ0v) is 20.3. The minimum atomic E-state index is -0.784. The van der Waals surface area contributed by atoms with Gasteiger partial charge in [0.2, 0.25) is 11.8 Å². The molecule has 0 radical (unpaired) electrons. The van der Waals surface area contributed by atoms with Crippen molar-refractivity contribution in [3.05, 3.63) is 64.4 Å². The van der Waals surface area contributed by atoms with Gasteiger partial charge in [-0.3, -0.25) is 14.6 Å². The van der Waals surface area contributed by atoms with Crippen LogP contribution in [-0.4, -0.2) is 22.8 Å². The molecule has 186 valence electrons. The van der Waals surface area contributed by atoms with Crippen LogP contribution in [0.25, 0.3) is 0 Å². The van der Waals surface area contributed by atoms with Crippen LogP contribution in [0.3, 0.4) is 0 Å². The first-order valence-corrected chi connectivity index (χ1v) is 12.8.